The molecule has 0 fully saturated rings. The summed E-state index contributed by atoms with van der Waals surface area (Å²) in [5.74, 6) is 0.244. The van der Waals surface area contributed by atoms with Gasteiger partial charge in [0, 0.05) is 16.0 Å². The maximum atomic E-state index is 11.1. The fourth-order valence-electron chi connectivity index (χ4n) is 4.18. The van der Waals surface area contributed by atoms with Gasteiger partial charge in [-0.25, -0.2) is 9.97 Å². The number of ether oxygens (including phenoxy) is 2. The molecule has 2 heterocycles. The second kappa shape index (κ2) is 12.4. The number of hydrogen-bond donors (Lipinski definition) is 2. The van der Waals surface area contributed by atoms with Gasteiger partial charge < -0.3 is 20.3 Å². The van der Waals surface area contributed by atoms with Crippen LogP contribution in [0.5, 0.6) is 11.6 Å². The zero-order chi connectivity index (χ0) is 26.6. The molecule has 5 aromatic rings. The van der Waals surface area contributed by atoms with Gasteiger partial charge in [0.15, 0.2) is 0 Å². The van der Waals surface area contributed by atoms with Crippen molar-refractivity contribution in [3.63, 3.8) is 0 Å². The minimum atomic E-state index is -1.02. The fraction of sp³-hybridized carbons (Fsp3) is 0.138. The Morgan fingerprint density at radius 2 is 1.85 bits per heavy atom. The van der Waals surface area contributed by atoms with Gasteiger partial charge in [-0.3, -0.25) is 4.79 Å². The number of halogens is 2. The molecule has 10 heteroatoms. The summed E-state index contributed by atoms with van der Waals surface area (Å²) < 4.78 is 12.4. The van der Waals surface area contributed by atoms with Crippen LogP contribution < -0.4 is 15.2 Å². The first-order valence-electron chi connectivity index (χ1n) is 11.8. The molecule has 7 nitrogen and oxygen atoms in total. The smallest absolute Gasteiger partial charge is 0.320 e. The SMILES string of the molecule is COc1cccc(-c2cc(Cl)ccc2COc2ncnc3c(-c4ccc(CC(N)C(=O)O)cc4)csc23)c1.Cl. The Hall–Kier alpha value is -3.69. The third-order valence-electron chi connectivity index (χ3n) is 6.18. The number of fused-ring (bicyclic) bond motifs is 1. The van der Waals surface area contributed by atoms with Gasteiger partial charge in [0.2, 0.25) is 5.88 Å². The van der Waals surface area contributed by atoms with E-state index >= 15 is 0 Å². The molecule has 3 N–H and O–H groups in total. The van der Waals surface area contributed by atoms with E-state index in [1.807, 2.05) is 72.1 Å². The second-order valence-electron chi connectivity index (χ2n) is 8.67. The number of thiophene rings is 1. The molecule has 0 saturated carbocycles. The number of carboxylic acid groups (broad SMARTS) is 1. The molecule has 0 aliphatic rings. The third kappa shape index (κ3) is 6.32. The minimum Gasteiger partial charge on any atom is -0.497 e. The number of nitrogens with two attached hydrogens (primary N) is 1. The molecule has 0 saturated heterocycles. The topological polar surface area (TPSA) is 108 Å². The normalized spacial score (nSPS) is 11.6. The third-order valence-corrected chi connectivity index (χ3v) is 7.37. The van der Waals surface area contributed by atoms with Crippen LogP contribution in [0.2, 0.25) is 5.02 Å². The number of rotatable bonds is 9. The summed E-state index contributed by atoms with van der Waals surface area (Å²) in [7, 11) is 1.64. The van der Waals surface area contributed by atoms with Crippen molar-refractivity contribution in [1.29, 1.82) is 0 Å². The predicted octanol–water partition coefficient (Wildman–Crippen LogP) is 6.64. The van der Waals surface area contributed by atoms with E-state index in [4.69, 9.17) is 31.9 Å². The Morgan fingerprint density at radius 3 is 2.59 bits per heavy atom. The average molecular weight is 583 g/mol. The Kier molecular flexibility index (Phi) is 9.04. The number of carbonyl (C=O) groups is 1. The van der Waals surface area contributed by atoms with Crippen molar-refractivity contribution in [2.45, 2.75) is 19.1 Å². The Bertz CT molecular complexity index is 1610. The Balaban J connectivity index is 0.00000353. The van der Waals surface area contributed by atoms with Gasteiger partial charge in [-0.2, -0.15) is 0 Å². The summed E-state index contributed by atoms with van der Waals surface area (Å²) in [5, 5.41) is 11.7. The van der Waals surface area contributed by atoms with Gasteiger partial charge >= 0.3 is 5.97 Å². The zero-order valence-electron chi connectivity index (χ0n) is 20.8. The molecule has 200 valence electrons. The van der Waals surface area contributed by atoms with E-state index in [0.717, 1.165) is 49.3 Å². The number of hydrogen-bond acceptors (Lipinski definition) is 7. The summed E-state index contributed by atoms with van der Waals surface area (Å²) in [6, 6.07) is 20.3. The highest BCUT2D eigenvalue weighted by atomic mass is 35.5. The summed E-state index contributed by atoms with van der Waals surface area (Å²) in [5.41, 5.74) is 12.1. The molecule has 39 heavy (non-hydrogen) atoms. The van der Waals surface area contributed by atoms with Crippen LogP contribution in [0.25, 0.3) is 32.5 Å². The average Bonchev–Trinajstić information content (AvgIpc) is 3.37. The lowest BCUT2D eigenvalue weighted by atomic mass is 10.00. The first-order chi connectivity index (χ1) is 18.4. The van der Waals surface area contributed by atoms with Gasteiger partial charge in [-0.05, 0) is 58.5 Å². The van der Waals surface area contributed by atoms with Crippen LogP contribution in [0.3, 0.4) is 0 Å². The zero-order valence-corrected chi connectivity index (χ0v) is 23.2. The number of aromatic nitrogens is 2. The van der Waals surface area contributed by atoms with Crippen LogP contribution in [0.4, 0.5) is 0 Å². The molecule has 5 rings (SSSR count). The molecule has 0 aliphatic heterocycles. The van der Waals surface area contributed by atoms with E-state index in [1.54, 1.807) is 7.11 Å². The number of nitrogens with zero attached hydrogens (tertiary/aromatic N) is 2. The molecule has 0 amide bonds. The van der Waals surface area contributed by atoms with Gasteiger partial charge in [-0.15, -0.1) is 23.7 Å². The molecule has 1 unspecified atom stereocenters. The van der Waals surface area contributed by atoms with Crippen molar-refractivity contribution < 1.29 is 19.4 Å². The molecule has 0 bridgehead atoms. The van der Waals surface area contributed by atoms with Gasteiger partial charge in [0.1, 0.15) is 29.4 Å². The van der Waals surface area contributed by atoms with E-state index in [1.165, 1.54) is 17.7 Å². The molecule has 0 radical (unpaired) electrons. The van der Waals surface area contributed by atoms with Crippen LogP contribution >= 0.6 is 35.3 Å². The van der Waals surface area contributed by atoms with E-state index < -0.39 is 12.0 Å². The van der Waals surface area contributed by atoms with Gasteiger partial charge in [-0.1, -0.05) is 54.1 Å². The molecule has 0 spiro atoms. The number of aliphatic carboxylic acids is 1. The van der Waals surface area contributed by atoms with Crippen LogP contribution in [-0.4, -0.2) is 34.2 Å². The van der Waals surface area contributed by atoms with Crippen molar-refractivity contribution in [2.75, 3.05) is 7.11 Å². The first-order valence-corrected chi connectivity index (χ1v) is 13.0. The molecule has 2 aromatic heterocycles. The first kappa shape index (κ1) is 28.3. The summed E-state index contributed by atoms with van der Waals surface area (Å²) in [4.78, 5) is 20.0. The lowest BCUT2D eigenvalue weighted by Gasteiger charge is -2.13. The predicted molar refractivity (Wildman–Crippen MR) is 157 cm³/mol. The molecular formula is C29H25Cl2N3O4S. The van der Waals surface area contributed by atoms with E-state index in [-0.39, 0.29) is 18.8 Å². The molecule has 1 atom stereocenters. The van der Waals surface area contributed by atoms with Crippen molar-refractivity contribution in [1.82, 2.24) is 9.97 Å². The number of benzene rings is 3. The number of carboxylic acids is 1. The van der Waals surface area contributed by atoms with Crippen molar-refractivity contribution in [2.24, 2.45) is 5.73 Å². The van der Waals surface area contributed by atoms with Crippen molar-refractivity contribution >= 4 is 51.5 Å². The quantitative estimate of drug-likeness (QED) is 0.201. The van der Waals surface area contributed by atoms with Gasteiger partial charge in [0.25, 0.3) is 0 Å². The largest absolute Gasteiger partial charge is 0.497 e. The highest BCUT2D eigenvalue weighted by molar-refractivity contribution is 7.18. The Labute approximate surface area is 240 Å². The summed E-state index contributed by atoms with van der Waals surface area (Å²) in [6.45, 7) is 0.293. The highest BCUT2D eigenvalue weighted by Gasteiger charge is 2.16. The van der Waals surface area contributed by atoms with Gasteiger partial charge in [0.05, 0.1) is 12.6 Å². The van der Waals surface area contributed by atoms with E-state index in [0.29, 0.717) is 17.5 Å². The highest BCUT2D eigenvalue weighted by Crippen LogP contribution is 2.37. The molecule has 0 aliphatic carbocycles. The lowest BCUT2D eigenvalue weighted by molar-refractivity contribution is -0.138. The second-order valence-corrected chi connectivity index (χ2v) is 9.99. The van der Waals surface area contributed by atoms with E-state index in [2.05, 4.69) is 9.97 Å². The maximum Gasteiger partial charge on any atom is 0.320 e. The van der Waals surface area contributed by atoms with Crippen molar-refractivity contribution in [3.05, 3.63) is 94.6 Å². The molecular weight excluding hydrogens is 557 g/mol. The summed E-state index contributed by atoms with van der Waals surface area (Å²) in [6.07, 6.45) is 1.77. The number of methoxy groups -OCH3 is 1. The monoisotopic (exact) mass is 581 g/mol. The van der Waals surface area contributed by atoms with Crippen LogP contribution in [0.1, 0.15) is 11.1 Å². The van der Waals surface area contributed by atoms with Crippen LogP contribution in [-0.2, 0) is 17.8 Å². The van der Waals surface area contributed by atoms with E-state index in [9.17, 15) is 4.79 Å². The summed E-state index contributed by atoms with van der Waals surface area (Å²) >= 11 is 7.83. The Morgan fingerprint density at radius 1 is 1.05 bits per heavy atom. The van der Waals surface area contributed by atoms with Crippen molar-refractivity contribution in [3.8, 4) is 33.9 Å². The van der Waals surface area contributed by atoms with Crippen LogP contribution in [0, 0.1) is 0 Å². The minimum absolute atomic E-state index is 0. The standard InChI is InChI=1S/C29H24ClN3O4S.ClH/c1-36-22-4-2-3-19(12-22)23-13-21(30)10-9-20(23)14-37-28-27-26(32-16-33-28)24(15-38-27)18-7-5-17(6-8-18)11-25(31)29(34)35;/h2-10,12-13,15-16,25H,11,14,31H2,1H3,(H,34,35);1H. The maximum absolute atomic E-state index is 11.1. The molecule has 3 aromatic carbocycles. The van der Waals surface area contributed by atoms with Crippen LogP contribution in [0.15, 0.2) is 78.4 Å². The fourth-order valence-corrected chi connectivity index (χ4v) is 5.32. The lowest BCUT2D eigenvalue weighted by Crippen LogP contribution is -2.32.